The normalized spacial score (nSPS) is 15.1. The molecule has 1 aliphatic rings. The Hall–Kier alpha value is -2.18. The molecular formula is C21H28ClN5O. The van der Waals surface area contributed by atoms with Crippen LogP contribution in [0.3, 0.4) is 0 Å². The zero-order valence-corrected chi connectivity index (χ0v) is 17.5. The van der Waals surface area contributed by atoms with Gasteiger partial charge in [0.05, 0.1) is 17.3 Å². The Morgan fingerprint density at radius 2 is 1.93 bits per heavy atom. The van der Waals surface area contributed by atoms with E-state index in [0.29, 0.717) is 12.5 Å². The molecule has 0 saturated carbocycles. The van der Waals surface area contributed by atoms with Crippen LogP contribution in [-0.4, -0.2) is 54.5 Å². The summed E-state index contributed by atoms with van der Waals surface area (Å²) in [5, 5.41) is 3.26. The Morgan fingerprint density at radius 1 is 1.25 bits per heavy atom. The summed E-state index contributed by atoms with van der Waals surface area (Å²) in [6.07, 6.45) is 4.77. The Bertz CT molecular complexity index is 803. The molecule has 0 bridgehead atoms. The van der Waals surface area contributed by atoms with Crippen molar-refractivity contribution in [3.05, 3.63) is 52.3 Å². The summed E-state index contributed by atoms with van der Waals surface area (Å²) in [5.41, 5.74) is 2.69. The number of carbonyl (C=O) groups excluding carboxylic acids is 1. The largest absolute Gasteiger partial charge is 0.349 e. The minimum absolute atomic E-state index is 0.0634. The fourth-order valence-electron chi connectivity index (χ4n) is 3.43. The third-order valence-corrected chi connectivity index (χ3v) is 5.46. The van der Waals surface area contributed by atoms with E-state index in [-0.39, 0.29) is 22.7 Å². The Labute approximate surface area is 171 Å². The smallest absolute Gasteiger partial charge is 0.271 e. The summed E-state index contributed by atoms with van der Waals surface area (Å²) in [5.74, 6) is 0.302. The fraction of sp³-hybridized carbons (Fsp3) is 0.476. The molecule has 6 nitrogen and oxygen atoms in total. The van der Waals surface area contributed by atoms with Crippen molar-refractivity contribution in [2.45, 2.75) is 32.2 Å². The molecule has 1 atom stereocenters. The summed E-state index contributed by atoms with van der Waals surface area (Å²) in [6.45, 7) is 4.44. The van der Waals surface area contributed by atoms with Gasteiger partial charge >= 0.3 is 0 Å². The Kier molecular flexibility index (Phi) is 6.86. The molecule has 1 saturated heterocycles. The number of amides is 1. The Morgan fingerprint density at radius 3 is 2.54 bits per heavy atom. The van der Waals surface area contributed by atoms with Crippen LogP contribution in [0.4, 0.5) is 5.95 Å². The van der Waals surface area contributed by atoms with Crippen molar-refractivity contribution >= 4 is 23.5 Å². The highest BCUT2D eigenvalue weighted by atomic mass is 35.5. The minimum Gasteiger partial charge on any atom is -0.349 e. The number of hydrogen-bond donors (Lipinski definition) is 1. The molecule has 1 fully saturated rings. The van der Waals surface area contributed by atoms with Gasteiger partial charge in [0.15, 0.2) is 5.69 Å². The number of anilines is 1. The van der Waals surface area contributed by atoms with E-state index in [2.05, 4.69) is 56.3 Å². The van der Waals surface area contributed by atoms with Gasteiger partial charge < -0.3 is 15.1 Å². The summed E-state index contributed by atoms with van der Waals surface area (Å²) in [6, 6.07) is 8.58. The lowest BCUT2D eigenvalue weighted by Gasteiger charge is -2.25. The lowest BCUT2D eigenvalue weighted by atomic mass is 10.0. The third-order valence-electron chi connectivity index (χ3n) is 5.19. The molecule has 2 heterocycles. The Balaban J connectivity index is 1.71. The average molecular weight is 402 g/mol. The first-order valence-corrected chi connectivity index (χ1v) is 10.2. The van der Waals surface area contributed by atoms with Gasteiger partial charge in [0.25, 0.3) is 5.91 Å². The van der Waals surface area contributed by atoms with Crippen LogP contribution in [0.15, 0.2) is 30.5 Å². The number of nitrogens with one attached hydrogen (secondary N) is 1. The molecule has 2 aromatic rings. The molecule has 0 radical (unpaired) electrons. The molecule has 1 amide bonds. The van der Waals surface area contributed by atoms with Gasteiger partial charge in [-0.3, -0.25) is 4.79 Å². The van der Waals surface area contributed by atoms with E-state index >= 15 is 0 Å². The first-order valence-electron chi connectivity index (χ1n) is 9.80. The highest BCUT2D eigenvalue weighted by Crippen LogP contribution is 2.21. The predicted octanol–water partition coefficient (Wildman–Crippen LogP) is 3.33. The van der Waals surface area contributed by atoms with E-state index in [4.69, 9.17) is 11.6 Å². The molecule has 0 aliphatic carbocycles. The standard InChI is InChI=1S/C21H28ClN5O/c1-4-15-7-9-16(10-8-15)18(26(2)3)14-23-20(28)19-17(22)13-24-21(25-19)27-11-5-6-12-27/h7-10,13,18H,4-6,11-12,14H2,1-3H3,(H,23,28). The van der Waals surface area contributed by atoms with Crippen LogP contribution in [-0.2, 0) is 6.42 Å². The second-order valence-electron chi connectivity index (χ2n) is 7.35. The van der Waals surface area contributed by atoms with Gasteiger partial charge in [-0.2, -0.15) is 0 Å². The number of benzene rings is 1. The summed E-state index contributed by atoms with van der Waals surface area (Å²) in [4.78, 5) is 25.7. The van der Waals surface area contributed by atoms with Crippen LogP contribution in [0.1, 0.15) is 47.4 Å². The molecule has 28 heavy (non-hydrogen) atoms. The molecule has 3 rings (SSSR count). The average Bonchev–Trinajstić information content (AvgIpc) is 3.23. The zero-order chi connectivity index (χ0) is 20.1. The first-order chi connectivity index (χ1) is 13.5. The lowest BCUT2D eigenvalue weighted by Crippen LogP contribution is -2.35. The van der Waals surface area contributed by atoms with Crippen molar-refractivity contribution in [3.63, 3.8) is 0 Å². The summed E-state index contributed by atoms with van der Waals surface area (Å²) >= 11 is 6.21. The third kappa shape index (κ3) is 4.80. The minimum atomic E-state index is -0.273. The molecule has 1 aliphatic heterocycles. The van der Waals surface area contributed by atoms with Gasteiger partial charge in [0, 0.05) is 19.6 Å². The number of nitrogens with zero attached hydrogens (tertiary/aromatic N) is 4. The maximum atomic E-state index is 12.8. The van der Waals surface area contributed by atoms with Crippen molar-refractivity contribution in [2.24, 2.45) is 0 Å². The molecule has 1 N–H and O–H groups in total. The lowest BCUT2D eigenvalue weighted by molar-refractivity contribution is 0.0937. The number of hydrogen-bond acceptors (Lipinski definition) is 5. The van der Waals surface area contributed by atoms with Crippen LogP contribution in [0.2, 0.25) is 5.02 Å². The maximum absolute atomic E-state index is 12.8. The highest BCUT2D eigenvalue weighted by Gasteiger charge is 2.21. The number of halogens is 1. The van der Waals surface area contributed by atoms with E-state index in [9.17, 15) is 4.79 Å². The number of carbonyl (C=O) groups is 1. The molecule has 1 unspecified atom stereocenters. The number of likely N-dealkylation sites (N-methyl/N-ethyl adjacent to an activating group) is 1. The van der Waals surface area contributed by atoms with Gasteiger partial charge in [-0.15, -0.1) is 0 Å². The first kappa shape index (κ1) is 20.6. The number of rotatable bonds is 7. The van der Waals surface area contributed by atoms with Gasteiger partial charge in [-0.25, -0.2) is 9.97 Å². The van der Waals surface area contributed by atoms with Crippen molar-refractivity contribution < 1.29 is 4.79 Å². The van der Waals surface area contributed by atoms with Gasteiger partial charge in [-0.05, 0) is 44.5 Å². The highest BCUT2D eigenvalue weighted by molar-refractivity contribution is 6.33. The second kappa shape index (κ2) is 9.34. The van der Waals surface area contributed by atoms with Gasteiger partial charge in [-0.1, -0.05) is 42.8 Å². The summed E-state index contributed by atoms with van der Waals surface area (Å²) in [7, 11) is 4.02. The van der Waals surface area contributed by atoms with Crippen molar-refractivity contribution in [1.29, 1.82) is 0 Å². The molecule has 1 aromatic carbocycles. The van der Waals surface area contributed by atoms with Crippen molar-refractivity contribution in [2.75, 3.05) is 38.6 Å². The monoisotopic (exact) mass is 401 g/mol. The predicted molar refractivity (Wildman–Crippen MR) is 113 cm³/mol. The van der Waals surface area contributed by atoms with Crippen LogP contribution in [0.25, 0.3) is 0 Å². The summed E-state index contributed by atoms with van der Waals surface area (Å²) < 4.78 is 0. The van der Waals surface area contributed by atoms with E-state index in [0.717, 1.165) is 37.9 Å². The van der Waals surface area contributed by atoms with Crippen LogP contribution < -0.4 is 10.2 Å². The second-order valence-corrected chi connectivity index (χ2v) is 7.75. The van der Waals surface area contributed by atoms with Crippen LogP contribution in [0, 0.1) is 0 Å². The van der Waals surface area contributed by atoms with Crippen molar-refractivity contribution in [1.82, 2.24) is 20.2 Å². The molecule has 0 spiro atoms. The zero-order valence-electron chi connectivity index (χ0n) is 16.8. The van der Waals surface area contributed by atoms with Gasteiger partial charge in [0.1, 0.15) is 0 Å². The number of aryl methyl sites for hydroxylation is 1. The molecule has 150 valence electrons. The van der Waals surface area contributed by atoms with Crippen molar-refractivity contribution in [3.8, 4) is 0 Å². The molecule has 7 heteroatoms. The van der Waals surface area contributed by atoms with E-state index in [1.54, 1.807) is 0 Å². The molecule has 1 aromatic heterocycles. The molecular weight excluding hydrogens is 374 g/mol. The van der Waals surface area contributed by atoms with Crippen LogP contribution >= 0.6 is 11.6 Å². The SMILES string of the molecule is CCc1ccc(C(CNC(=O)c2nc(N3CCCC3)ncc2Cl)N(C)C)cc1. The van der Waals surface area contributed by atoms with E-state index < -0.39 is 0 Å². The maximum Gasteiger partial charge on any atom is 0.271 e. The number of aromatic nitrogens is 2. The fourth-order valence-corrected chi connectivity index (χ4v) is 3.61. The quantitative estimate of drug-likeness (QED) is 0.771. The van der Waals surface area contributed by atoms with Crippen LogP contribution in [0.5, 0.6) is 0 Å². The topological polar surface area (TPSA) is 61.4 Å². The van der Waals surface area contributed by atoms with E-state index in [1.807, 2.05) is 14.1 Å². The van der Waals surface area contributed by atoms with Gasteiger partial charge in [0.2, 0.25) is 5.95 Å². The van der Waals surface area contributed by atoms with E-state index in [1.165, 1.54) is 11.8 Å².